The third kappa shape index (κ3) is 3.43. The summed E-state index contributed by atoms with van der Waals surface area (Å²) in [7, 11) is 0. The van der Waals surface area contributed by atoms with Crippen molar-refractivity contribution in [3.8, 4) is 11.6 Å². The summed E-state index contributed by atoms with van der Waals surface area (Å²) in [4.78, 5) is 3.25. The zero-order chi connectivity index (χ0) is 14.8. The number of rotatable bonds is 3. The molecule has 1 aromatic carbocycles. The van der Waals surface area contributed by atoms with Gasteiger partial charge < -0.3 is 4.74 Å². The fourth-order valence-electron chi connectivity index (χ4n) is 1.38. The third-order valence-corrected chi connectivity index (χ3v) is 2.29. The molecule has 0 aliphatic rings. The standard InChI is InChI=1S/C13H7F5NO/c14-12(15)8-4-6-9(7-5-8)20-11-3-1-2-10(19-11)13(16,17)18/h1,3-7,12H. The quantitative estimate of drug-likeness (QED) is 0.768. The van der Waals surface area contributed by atoms with E-state index in [1.165, 1.54) is 18.2 Å². The molecular formula is C13H7F5NO. The van der Waals surface area contributed by atoms with Gasteiger partial charge in [-0.05, 0) is 30.3 Å². The van der Waals surface area contributed by atoms with Crippen molar-refractivity contribution in [2.45, 2.75) is 12.6 Å². The average molecular weight is 288 g/mol. The van der Waals surface area contributed by atoms with Crippen LogP contribution in [0.15, 0.2) is 36.4 Å². The summed E-state index contributed by atoms with van der Waals surface area (Å²) in [5.74, 6) is -0.179. The highest BCUT2D eigenvalue weighted by molar-refractivity contribution is 5.31. The van der Waals surface area contributed by atoms with Gasteiger partial charge >= 0.3 is 6.18 Å². The van der Waals surface area contributed by atoms with Gasteiger partial charge in [0.05, 0.1) is 0 Å². The van der Waals surface area contributed by atoms with Gasteiger partial charge in [-0.15, -0.1) is 0 Å². The van der Waals surface area contributed by atoms with Crippen molar-refractivity contribution >= 4 is 0 Å². The molecule has 0 unspecified atom stereocenters. The van der Waals surface area contributed by atoms with E-state index in [9.17, 15) is 22.0 Å². The molecule has 20 heavy (non-hydrogen) atoms. The number of pyridine rings is 1. The Hall–Kier alpha value is -2.18. The summed E-state index contributed by atoms with van der Waals surface area (Å²) < 4.78 is 67.0. The van der Waals surface area contributed by atoms with Crippen LogP contribution in [0.25, 0.3) is 0 Å². The lowest BCUT2D eigenvalue weighted by Gasteiger charge is -2.08. The number of halogens is 5. The number of benzene rings is 1. The Bertz CT molecular complexity index is 580. The summed E-state index contributed by atoms with van der Waals surface area (Å²) in [6, 6.07) is 8.87. The Morgan fingerprint density at radius 3 is 2.25 bits per heavy atom. The molecule has 105 valence electrons. The van der Waals surface area contributed by atoms with E-state index in [2.05, 4.69) is 4.98 Å². The molecule has 0 atom stereocenters. The lowest BCUT2D eigenvalue weighted by molar-refractivity contribution is -0.141. The molecule has 2 nitrogen and oxygen atoms in total. The summed E-state index contributed by atoms with van der Waals surface area (Å²) in [6.07, 6.45) is -7.25. The van der Waals surface area contributed by atoms with Gasteiger partial charge in [0, 0.05) is 17.7 Å². The molecule has 0 spiro atoms. The predicted molar refractivity (Wildman–Crippen MR) is 59.5 cm³/mol. The van der Waals surface area contributed by atoms with Gasteiger partial charge in [-0.3, -0.25) is 0 Å². The van der Waals surface area contributed by atoms with Gasteiger partial charge in [0.15, 0.2) is 5.69 Å². The highest BCUT2D eigenvalue weighted by Gasteiger charge is 2.33. The van der Waals surface area contributed by atoms with E-state index in [-0.39, 0.29) is 17.2 Å². The molecule has 0 bridgehead atoms. The van der Waals surface area contributed by atoms with Crippen LogP contribution >= 0.6 is 0 Å². The normalized spacial score (nSPS) is 11.7. The van der Waals surface area contributed by atoms with Crippen LogP contribution in [0, 0.1) is 6.07 Å². The predicted octanol–water partition coefficient (Wildman–Crippen LogP) is 4.63. The van der Waals surface area contributed by atoms with Gasteiger partial charge in [0.1, 0.15) is 5.75 Å². The first kappa shape index (κ1) is 14.2. The van der Waals surface area contributed by atoms with Crippen LogP contribution in [0.2, 0.25) is 0 Å². The maximum Gasteiger partial charge on any atom is 0.434 e. The molecule has 2 aromatic rings. The number of ether oxygens (including phenoxy) is 1. The molecule has 0 fully saturated rings. The first-order valence-electron chi connectivity index (χ1n) is 5.38. The van der Waals surface area contributed by atoms with Gasteiger partial charge in [-0.1, -0.05) is 0 Å². The lowest BCUT2D eigenvalue weighted by Crippen LogP contribution is -2.08. The Morgan fingerprint density at radius 2 is 1.70 bits per heavy atom. The highest BCUT2D eigenvalue weighted by Crippen LogP contribution is 2.30. The molecule has 0 amide bonds. The molecule has 1 heterocycles. The van der Waals surface area contributed by atoms with Crippen molar-refractivity contribution in [2.75, 3.05) is 0 Å². The Morgan fingerprint density at radius 1 is 1.05 bits per heavy atom. The Balaban J connectivity index is 2.18. The largest absolute Gasteiger partial charge is 0.439 e. The molecule has 2 rings (SSSR count). The number of nitrogens with zero attached hydrogens (tertiary/aromatic N) is 1. The maximum absolute atomic E-state index is 12.4. The lowest BCUT2D eigenvalue weighted by atomic mass is 10.2. The van der Waals surface area contributed by atoms with E-state index in [0.717, 1.165) is 18.2 Å². The molecule has 0 aliphatic heterocycles. The summed E-state index contributed by atoms with van der Waals surface area (Å²) in [5, 5.41) is 0. The summed E-state index contributed by atoms with van der Waals surface area (Å²) >= 11 is 0. The molecule has 0 N–H and O–H groups in total. The molecular weight excluding hydrogens is 281 g/mol. The van der Waals surface area contributed by atoms with Crippen LogP contribution in [0.5, 0.6) is 11.6 Å². The van der Waals surface area contributed by atoms with Gasteiger partial charge in [-0.2, -0.15) is 13.2 Å². The van der Waals surface area contributed by atoms with E-state index in [0.29, 0.717) is 0 Å². The molecule has 1 radical (unpaired) electrons. The number of alkyl halides is 5. The van der Waals surface area contributed by atoms with Crippen LogP contribution in [0.1, 0.15) is 17.7 Å². The van der Waals surface area contributed by atoms with Crippen LogP contribution in [0.3, 0.4) is 0 Å². The second-order valence-corrected chi connectivity index (χ2v) is 3.75. The number of aromatic nitrogens is 1. The fraction of sp³-hybridized carbons (Fsp3) is 0.154. The second kappa shape index (κ2) is 5.44. The van der Waals surface area contributed by atoms with Crippen LogP contribution in [0.4, 0.5) is 22.0 Å². The van der Waals surface area contributed by atoms with E-state index in [4.69, 9.17) is 4.74 Å². The monoisotopic (exact) mass is 288 g/mol. The van der Waals surface area contributed by atoms with Crippen LogP contribution < -0.4 is 4.74 Å². The smallest absolute Gasteiger partial charge is 0.434 e. The van der Waals surface area contributed by atoms with Crippen molar-refractivity contribution < 1.29 is 26.7 Å². The summed E-state index contributed by atoms with van der Waals surface area (Å²) in [6.45, 7) is 0. The molecule has 0 aliphatic carbocycles. The molecule has 7 heteroatoms. The molecule has 0 saturated heterocycles. The second-order valence-electron chi connectivity index (χ2n) is 3.75. The first-order chi connectivity index (χ1) is 9.36. The van der Waals surface area contributed by atoms with Gasteiger partial charge in [0.25, 0.3) is 6.43 Å². The van der Waals surface area contributed by atoms with Gasteiger partial charge in [-0.25, -0.2) is 13.8 Å². The zero-order valence-electron chi connectivity index (χ0n) is 9.79. The van der Waals surface area contributed by atoms with E-state index < -0.39 is 18.3 Å². The van der Waals surface area contributed by atoms with Crippen molar-refractivity contribution in [3.63, 3.8) is 0 Å². The topological polar surface area (TPSA) is 22.1 Å². The number of hydrogen-bond donors (Lipinski definition) is 0. The number of hydrogen-bond acceptors (Lipinski definition) is 2. The fourth-order valence-corrected chi connectivity index (χ4v) is 1.38. The summed E-state index contributed by atoms with van der Waals surface area (Å²) in [5.41, 5.74) is -1.41. The zero-order valence-corrected chi connectivity index (χ0v) is 9.79. The van der Waals surface area contributed by atoms with Crippen molar-refractivity contribution in [2.24, 2.45) is 0 Å². The minimum atomic E-state index is -4.63. The van der Waals surface area contributed by atoms with E-state index in [1.54, 1.807) is 0 Å². The molecule has 1 aromatic heterocycles. The molecule has 0 saturated carbocycles. The van der Waals surface area contributed by atoms with Crippen LogP contribution in [-0.2, 0) is 6.18 Å². The third-order valence-electron chi connectivity index (χ3n) is 2.29. The highest BCUT2D eigenvalue weighted by atomic mass is 19.4. The van der Waals surface area contributed by atoms with Crippen molar-refractivity contribution in [1.82, 2.24) is 4.98 Å². The first-order valence-corrected chi connectivity index (χ1v) is 5.38. The minimum Gasteiger partial charge on any atom is -0.439 e. The SMILES string of the molecule is FC(F)c1ccc(Oc2cc[c]c(C(F)(F)F)n2)cc1. The van der Waals surface area contributed by atoms with E-state index in [1.807, 2.05) is 6.07 Å². The maximum atomic E-state index is 12.4. The Kier molecular flexibility index (Phi) is 3.87. The van der Waals surface area contributed by atoms with E-state index >= 15 is 0 Å². The average Bonchev–Trinajstić information content (AvgIpc) is 2.38. The van der Waals surface area contributed by atoms with Crippen molar-refractivity contribution in [3.05, 3.63) is 53.7 Å². The van der Waals surface area contributed by atoms with Crippen LogP contribution in [-0.4, -0.2) is 4.98 Å². The van der Waals surface area contributed by atoms with Gasteiger partial charge in [0.2, 0.25) is 5.88 Å². The minimum absolute atomic E-state index is 0.112. The Labute approximate surface area is 110 Å². The van der Waals surface area contributed by atoms with Crippen molar-refractivity contribution in [1.29, 1.82) is 0 Å².